The van der Waals surface area contributed by atoms with Crippen LogP contribution >= 0.6 is 0 Å². The van der Waals surface area contributed by atoms with Gasteiger partial charge in [-0.1, -0.05) is 31.0 Å². The molecule has 3 rings (SSSR count). The first-order valence-corrected chi connectivity index (χ1v) is 8.82. The third-order valence-corrected chi connectivity index (χ3v) is 4.72. The molecule has 0 aliphatic heterocycles. The Hall–Kier alpha value is -2.62. The van der Waals surface area contributed by atoms with Gasteiger partial charge in [-0.15, -0.1) is 0 Å². The third-order valence-electron chi connectivity index (χ3n) is 4.72. The number of hydrogen-bond donors (Lipinski definition) is 2. The minimum Gasteiger partial charge on any atom is -0.349 e. The Bertz CT molecular complexity index is 792. The number of nitrogens with one attached hydrogen (secondary N) is 2. The highest BCUT2D eigenvalue weighted by atomic mass is 16.2. The molecule has 2 N–H and O–H groups in total. The van der Waals surface area contributed by atoms with Gasteiger partial charge in [-0.3, -0.25) is 9.59 Å². The van der Waals surface area contributed by atoms with Crippen LogP contribution in [0.1, 0.15) is 57.5 Å². The van der Waals surface area contributed by atoms with Gasteiger partial charge in [0.1, 0.15) is 0 Å². The van der Waals surface area contributed by atoms with Gasteiger partial charge in [0, 0.05) is 22.9 Å². The zero-order chi connectivity index (χ0) is 17.8. The molecule has 0 unspecified atom stereocenters. The second-order valence-corrected chi connectivity index (χ2v) is 6.81. The summed E-state index contributed by atoms with van der Waals surface area (Å²) in [6.45, 7) is 3.95. The first kappa shape index (κ1) is 17.2. The van der Waals surface area contributed by atoms with Crippen molar-refractivity contribution in [3.05, 3.63) is 64.7 Å². The normalized spacial score (nSPS) is 14.3. The lowest BCUT2D eigenvalue weighted by atomic mass is 10.1. The fraction of sp³-hybridized carbons (Fsp3) is 0.333. The molecule has 0 radical (unpaired) electrons. The van der Waals surface area contributed by atoms with Crippen molar-refractivity contribution >= 4 is 17.5 Å². The van der Waals surface area contributed by atoms with Crippen LogP contribution in [0.4, 0.5) is 5.69 Å². The molecule has 0 saturated heterocycles. The van der Waals surface area contributed by atoms with Crippen molar-refractivity contribution in [3.8, 4) is 0 Å². The molecule has 2 amide bonds. The number of aryl methyl sites for hydroxylation is 2. The number of hydrogen-bond acceptors (Lipinski definition) is 2. The van der Waals surface area contributed by atoms with Crippen molar-refractivity contribution in [2.45, 2.75) is 45.6 Å². The quantitative estimate of drug-likeness (QED) is 0.878. The molecule has 1 saturated carbocycles. The first-order chi connectivity index (χ1) is 12.0. The number of amides is 2. The second-order valence-electron chi connectivity index (χ2n) is 6.81. The average molecular weight is 336 g/mol. The van der Waals surface area contributed by atoms with Crippen LogP contribution in [0.15, 0.2) is 42.5 Å². The highest BCUT2D eigenvalue weighted by molar-refractivity contribution is 6.06. The summed E-state index contributed by atoms with van der Waals surface area (Å²) in [7, 11) is 0. The molecule has 4 nitrogen and oxygen atoms in total. The Labute approximate surface area is 148 Å². The maximum atomic E-state index is 12.6. The van der Waals surface area contributed by atoms with Crippen LogP contribution in [0.5, 0.6) is 0 Å². The Morgan fingerprint density at radius 1 is 0.920 bits per heavy atom. The van der Waals surface area contributed by atoms with Gasteiger partial charge in [0.25, 0.3) is 11.8 Å². The molecular formula is C21H24N2O2. The van der Waals surface area contributed by atoms with Crippen molar-refractivity contribution < 1.29 is 9.59 Å². The van der Waals surface area contributed by atoms with E-state index in [9.17, 15) is 9.59 Å². The number of carbonyl (C=O) groups is 2. The summed E-state index contributed by atoms with van der Waals surface area (Å²) in [5, 5.41) is 5.99. The van der Waals surface area contributed by atoms with Gasteiger partial charge in [-0.05, 0) is 62.1 Å². The predicted octanol–water partition coefficient (Wildman–Crippen LogP) is 4.23. The van der Waals surface area contributed by atoms with E-state index in [1.165, 1.54) is 12.8 Å². The lowest BCUT2D eigenvalue weighted by Gasteiger charge is -2.13. The van der Waals surface area contributed by atoms with Crippen molar-refractivity contribution in [1.82, 2.24) is 5.32 Å². The van der Waals surface area contributed by atoms with E-state index in [0.29, 0.717) is 11.1 Å². The molecular weight excluding hydrogens is 312 g/mol. The maximum absolute atomic E-state index is 12.6. The van der Waals surface area contributed by atoms with Gasteiger partial charge < -0.3 is 10.6 Å². The largest absolute Gasteiger partial charge is 0.349 e. The van der Waals surface area contributed by atoms with Crippen LogP contribution in [0, 0.1) is 13.8 Å². The molecule has 1 aliphatic rings. The summed E-state index contributed by atoms with van der Waals surface area (Å²) in [6, 6.07) is 13.1. The van der Waals surface area contributed by atoms with E-state index in [-0.39, 0.29) is 17.9 Å². The number of benzene rings is 2. The van der Waals surface area contributed by atoms with Crippen LogP contribution in [0.2, 0.25) is 0 Å². The predicted molar refractivity (Wildman–Crippen MR) is 100 cm³/mol. The maximum Gasteiger partial charge on any atom is 0.255 e. The first-order valence-electron chi connectivity index (χ1n) is 8.82. The molecule has 0 spiro atoms. The molecule has 4 heteroatoms. The van der Waals surface area contributed by atoms with Crippen LogP contribution in [-0.4, -0.2) is 17.9 Å². The molecule has 25 heavy (non-hydrogen) atoms. The van der Waals surface area contributed by atoms with Crippen molar-refractivity contribution in [2.24, 2.45) is 0 Å². The molecule has 0 bridgehead atoms. The zero-order valence-electron chi connectivity index (χ0n) is 14.8. The number of carbonyl (C=O) groups excluding carboxylic acids is 2. The second kappa shape index (κ2) is 7.51. The summed E-state index contributed by atoms with van der Waals surface area (Å²) in [4.78, 5) is 24.9. The lowest BCUT2D eigenvalue weighted by Crippen LogP contribution is -2.32. The topological polar surface area (TPSA) is 58.2 Å². The highest BCUT2D eigenvalue weighted by Crippen LogP contribution is 2.19. The fourth-order valence-corrected chi connectivity index (χ4v) is 3.21. The Morgan fingerprint density at radius 2 is 1.60 bits per heavy atom. The molecule has 2 aromatic rings. The van der Waals surface area contributed by atoms with Crippen LogP contribution in [-0.2, 0) is 0 Å². The van der Waals surface area contributed by atoms with Crippen LogP contribution in [0.3, 0.4) is 0 Å². The van der Waals surface area contributed by atoms with Crippen molar-refractivity contribution in [2.75, 3.05) is 5.32 Å². The van der Waals surface area contributed by atoms with E-state index >= 15 is 0 Å². The standard InChI is InChI=1S/C21H24N2O2/c1-14-10-11-15(2)19(12-14)23-21(25)17-7-5-6-16(13-17)20(24)22-18-8-3-4-9-18/h5-7,10-13,18H,3-4,8-9H2,1-2H3,(H,22,24)(H,23,25). The van der Waals surface area contributed by atoms with E-state index in [1.54, 1.807) is 24.3 Å². The van der Waals surface area contributed by atoms with Crippen molar-refractivity contribution in [1.29, 1.82) is 0 Å². The molecule has 0 atom stereocenters. The van der Waals surface area contributed by atoms with E-state index in [4.69, 9.17) is 0 Å². The summed E-state index contributed by atoms with van der Waals surface area (Å²) in [5.74, 6) is -0.308. The van der Waals surface area contributed by atoms with E-state index < -0.39 is 0 Å². The van der Waals surface area contributed by atoms with Crippen LogP contribution in [0.25, 0.3) is 0 Å². The summed E-state index contributed by atoms with van der Waals surface area (Å²) in [6.07, 6.45) is 4.42. The Balaban J connectivity index is 1.72. The summed E-state index contributed by atoms with van der Waals surface area (Å²) in [5.41, 5.74) is 3.91. The SMILES string of the molecule is Cc1ccc(C)c(NC(=O)c2cccc(C(=O)NC3CCCC3)c2)c1. The molecule has 0 heterocycles. The molecule has 1 fully saturated rings. The average Bonchev–Trinajstić information content (AvgIpc) is 3.11. The smallest absolute Gasteiger partial charge is 0.255 e. The van der Waals surface area contributed by atoms with Gasteiger partial charge in [-0.2, -0.15) is 0 Å². The van der Waals surface area contributed by atoms with Gasteiger partial charge in [0.15, 0.2) is 0 Å². The number of rotatable bonds is 4. The monoisotopic (exact) mass is 336 g/mol. The molecule has 2 aromatic carbocycles. The van der Waals surface area contributed by atoms with E-state index in [2.05, 4.69) is 10.6 Å². The minimum atomic E-state index is -0.204. The summed E-state index contributed by atoms with van der Waals surface area (Å²) < 4.78 is 0. The third kappa shape index (κ3) is 4.27. The zero-order valence-corrected chi connectivity index (χ0v) is 14.8. The lowest BCUT2D eigenvalue weighted by molar-refractivity contribution is 0.0938. The minimum absolute atomic E-state index is 0.103. The van der Waals surface area contributed by atoms with Gasteiger partial charge in [-0.25, -0.2) is 0 Å². The summed E-state index contributed by atoms with van der Waals surface area (Å²) >= 11 is 0. The highest BCUT2D eigenvalue weighted by Gasteiger charge is 2.18. The number of anilines is 1. The molecule has 0 aromatic heterocycles. The fourth-order valence-electron chi connectivity index (χ4n) is 3.21. The Kier molecular flexibility index (Phi) is 5.17. The van der Waals surface area contributed by atoms with Gasteiger partial charge in [0.05, 0.1) is 0 Å². The van der Waals surface area contributed by atoms with Gasteiger partial charge >= 0.3 is 0 Å². The van der Waals surface area contributed by atoms with Crippen molar-refractivity contribution in [3.63, 3.8) is 0 Å². The van der Waals surface area contributed by atoms with E-state index in [1.807, 2.05) is 32.0 Å². The van der Waals surface area contributed by atoms with Gasteiger partial charge in [0.2, 0.25) is 0 Å². The van der Waals surface area contributed by atoms with Crippen LogP contribution < -0.4 is 10.6 Å². The molecule has 130 valence electrons. The molecule has 1 aliphatic carbocycles. The van der Waals surface area contributed by atoms with E-state index in [0.717, 1.165) is 29.7 Å². The Morgan fingerprint density at radius 3 is 2.32 bits per heavy atom.